The van der Waals surface area contributed by atoms with E-state index in [1.54, 1.807) is 13.8 Å². The minimum atomic E-state index is -0.667. The number of hydrogen-bond acceptors (Lipinski definition) is 11. The van der Waals surface area contributed by atoms with Gasteiger partial charge in [0.05, 0.1) is 38.1 Å². The number of likely N-dealkylation sites (tertiary alicyclic amines) is 1. The summed E-state index contributed by atoms with van der Waals surface area (Å²) in [6.07, 6.45) is 4.23. The number of esters is 3. The number of imide groups is 1. The van der Waals surface area contributed by atoms with Crippen LogP contribution >= 0.6 is 0 Å². The highest BCUT2D eigenvalue weighted by atomic mass is 16.7. The molecular weight excluding hydrogens is 586 g/mol. The minimum absolute atomic E-state index is 0. The molecule has 4 fully saturated rings. The molecule has 3 aliphatic heterocycles. The molecule has 12 nitrogen and oxygen atoms in total. The highest BCUT2D eigenvalue weighted by molar-refractivity contribution is 6.05. The van der Waals surface area contributed by atoms with Gasteiger partial charge in [-0.3, -0.25) is 28.9 Å². The maximum Gasteiger partial charge on any atom is 0.311 e. The molecule has 1 saturated carbocycles. The van der Waals surface area contributed by atoms with Crippen molar-refractivity contribution in [2.75, 3.05) is 27.4 Å². The van der Waals surface area contributed by atoms with E-state index in [1.807, 2.05) is 13.8 Å². The van der Waals surface area contributed by atoms with Crippen molar-refractivity contribution in [1.82, 2.24) is 4.90 Å². The number of methoxy groups -OCH3 is 2. The van der Waals surface area contributed by atoms with Crippen LogP contribution in [-0.2, 0) is 52.4 Å². The van der Waals surface area contributed by atoms with Gasteiger partial charge >= 0.3 is 17.9 Å². The molecule has 12 heteroatoms. The van der Waals surface area contributed by atoms with Gasteiger partial charge in [0.15, 0.2) is 0 Å². The summed E-state index contributed by atoms with van der Waals surface area (Å²) in [4.78, 5) is 61.3. The zero-order chi connectivity index (χ0) is 30.3. The lowest BCUT2D eigenvalue weighted by atomic mass is 9.85. The number of hydrogen-bond donors (Lipinski definition) is 0. The first-order valence-electron chi connectivity index (χ1n) is 14.6. The summed E-state index contributed by atoms with van der Waals surface area (Å²) < 4.78 is 30.6. The smallest absolute Gasteiger partial charge is 0.311 e. The first-order chi connectivity index (χ1) is 19.5. The first-order valence-corrected chi connectivity index (χ1v) is 14.6. The third-order valence-corrected chi connectivity index (χ3v) is 8.74. The standard InChI is InChI=1S/C18H27NO5.C11H18O6.4CH4/c1-11-12(2)17(21)19(16(11)20)14-8-6-13(7-9-14)18(22)24-15-5-3-4-10-23-15;1-6(9(12)15-4)7(2)10(13)17-11-8(14-3)5-16-11;;;;/h11-15H,3-10H2,1-2H3;6-8,11H,5H2,1-4H3;4*1H4. The second-order valence-electron chi connectivity index (χ2n) is 11.4. The molecule has 0 spiro atoms. The monoisotopic (exact) mass is 647 g/mol. The quantitative estimate of drug-likeness (QED) is 0.196. The molecule has 45 heavy (non-hydrogen) atoms. The van der Waals surface area contributed by atoms with Crippen LogP contribution in [0.2, 0.25) is 0 Å². The Morgan fingerprint density at radius 2 is 1.33 bits per heavy atom. The summed E-state index contributed by atoms with van der Waals surface area (Å²) >= 11 is 0. The Labute approximate surface area is 271 Å². The van der Waals surface area contributed by atoms with Crippen LogP contribution in [0.3, 0.4) is 0 Å². The number of ether oxygens (including phenoxy) is 6. The van der Waals surface area contributed by atoms with Gasteiger partial charge in [0.25, 0.3) is 0 Å². The maximum absolute atomic E-state index is 12.3. The predicted octanol–water partition coefficient (Wildman–Crippen LogP) is 5.15. The van der Waals surface area contributed by atoms with E-state index in [4.69, 9.17) is 23.7 Å². The molecule has 0 aromatic heterocycles. The average molecular weight is 648 g/mol. The van der Waals surface area contributed by atoms with Gasteiger partial charge in [0.1, 0.15) is 6.10 Å². The van der Waals surface area contributed by atoms with E-state index in [0.29, 0.717) is 38.9 Å². The van der Waals surface area contributed by atoms with Gasteiger partial charge in [-0.25, -0.2) is 0 Å². The second-order valence-corrected chi connectivity index (χ2v) is 11.4. The van der Waals surface area contributed by atoms with Crippen LogP contribution in [-0.4, -0.2) is 86.8 Å². The highest BCUT2D eigenvalue weighted by Crippen LogP contribution is 2.35. The van der Waals surface area contributed by atoms with E-state index in [0.717, 1.165) is 19.3 Å². The number of rotatable bonds is 8. The van der Waals surface area contributed by atoms with Crippen molar-refractivity contribution in [3.63, 3.8) is 0 Å². The molecule has 7 atom stereocenters. The average Bonchev–Trinajstić information content (AvgIpc) is 3.17. The molecule has 0 radical (unpaired) electrons. The number of carbonyl (C=O) groups excluding carboxylic acids is 5. The van der Waals surface area contributed by atoms with Crippen LogP contribution in [0, 0.1) is 29.6 Å². The van der Waals surface area contributed by atoms with Crippen molar-refractivity contribution >= 4 is 29.7 Å². The summed E-state index contributed by atoms with van der Waals surface area (Å²) in [6.45, 7) is 7.93. The van der Waals surface area contributed by atoms with Crippen molar-refractivity contribution in [2.24, 2.45) is 29.6 Å². The van der Waals surface area contributed by atoms with Gasteiger partial charge in [0.2, 0.25) is 24.4 Å². The molecule has 4 aliphatic rings. The summed E-state index contributed by atoms with van der Waals surface area (Å²) in [5, 5.41) is 0. The molecule has 2 amide bonds. The fourth-order valence-corrected chi connectivity index (χ4v) is 5.29. The Hall–Kier alpha value is -2.57. The van der Waals surface area contributed by atoms with Gasteiger partial charge in [-0.2, -0.15) is 0 Å². The Morgan fingerprint density at radius 3 is 1.78 bits per heavy atom. The molecule has 0 aromatic rings. The lowest BCUT2D eigenvalue weighted by molar-refractivity contribution is -0.280. The van der Waals surface area contributed by atoms with E-state index < -0.39 is 36.4 Å². The number of carbonyl (C=O) groups is 5. The zero-order valence-electron chi connectivity index (χ0n) is 25.0. The minimum Gasteiger partial charge on any atom is -0.469 e. The molecule has 1 aliphatic carbocycles. The summed E-state index contributed by atoms with van der Waals surface area (Å²) in [6, 6.07) is -0.0626. The molecule has 7 unspecified atom stereocenters. The fourth-order valence-electron chi connectivity index (χ4n) is 5.29. The summed E-state index contributed by atoms with van der Waals surface area (Å²) in [5.41, 5.74) is 0. The second kappa shape index (κ2) is 20.5. The van der Waals surface area contributed by atoms with E-state index in [-0.39, 0.29) is 77.4 Å². The number of nitrogens with zero attached hydrogens (tertiary/aromatic N) is 1. The Kier molecular flexibility index (Phi) is 20.3. The van der Waals surface area contributed by atoms with Crippen LogP contribution < -0.4 is 0 Å². The summed E-state index contributed by atoms with van der Waals surface area (Å²) in [5.74, 6) is -2.98. The van der Waals surface area contributed by atoms with Gasteiger partial charge in [-0.15, -0.1) is 0 Å². The molecule has 0 aromatic carbocycles. The highest BCUT2D eigenvalue weighted by Gasteiger charge is 2.46. The molecule has 264 valence electrons. The largest absolute Gasteiger partial charge is 0.469 e. The summed E-state index contributed by atoms with van der Waals surface area (Å²) in [7, 11) is 2.81. The van der Waals surface area contributed by atoms with Gasteiger partial charge in [-0.1, -0.05) is 57.4 Å². The van der Waals surface area contributed by atoms with Gasteiger partial charge in [0, 0.05) is 31.4 Å². The topological polar surface area (TPSA) is 144 Å². The third kappa shape index (κ3) is 11.0. The van der Waals surface area contributed by atoms with E-state index in [1.165, 1.54) is 19.1 Å². The molecule has 0 N–H and O–H groups in total. The van der Waals surface area contributed by atoms with E-state index in [9.17, 15) is 24.0 Å². The van der Waals surface area contributed by atoms with Crippen molar-refractivity contribution in [3.05, 3.63) is 0 Å². The molecule has 4 rings (SSSR count). The molecule has 3 saturated heterocycles. The van der Waals surface area contributed by atoms with Crippen molar-refractivity contribution in [3.8, 4) is 0 Å². The van der Waals surface area contributed by atoms with Crippen LogP contribution in [0.25, 0.3) is 0 Å². The van der Waals surface area contributed by atoms with Crippen molar-refractivity contribution in [1.29, 1.82) is 0 Å². The Morgan fingerprint density at radius 1 is 0.778 bits per heavy atom. The van der Waals surface area contributed by atoms with Crippen molar-refractivity contribution < 1.29 is 52.4 Å². The van der Waals surface area contributed by atoms with Crippen molar-refractivity contribution in [2.45, 2.75) is 127 Å². The molecular formula is C33H61NO11. The van der Waals surface area contributed by atoms with E-state index >= 15 is 0 Å². The predicted molar refractivity (Wildman–Crippen MR) is 170 cm³/mol. The SMILES string of the molecule is C.C.C.C.CC1C(=O)N(C2CCC(C(=O)OC3CCCCO3)CC2)C(=O)C1C.COC(=O)C(C)C(C)C(=O)OC1OCC1OC. The lowest BCUT2D eigenvalue weighted by Gasteiger charge is -2.35. The lowest BCUT2D eigenvalue weighted by Crippen LogP contribution is -2.49. The first kappa shape index (κ1) is 44.6. The molecule has 3 heterocycles. The van der Waals surface area contributed by atoms with Crippen LogP contribution in [0.15, 0.2) is 0 Å². The normalized spacial score (nSPS) is 30.1. The Bertz CT molecular complexity index is 921. The maximum atomic E-state index is 12.3. The number of amides is 2. The van der Waals surface area contributed by atoms with Gasteiger partial charge in [-0.05, 0) is 38.5 Å². The van der Waals surface area contributed by atoms with Crippen LogP contribution in [0.1, 0.15) is 102 Å². The van der Waals surface area contributed by atoms with Gasteiger partial charge < -0.3 is 28.4 Å². The fraction of sp³-hybridized carbons (Fsp3) is 0.848. The van der Waals surface area contributed by atoms with E-state index in [2.05, 4.69) is 4.74 Å². The zero-order valence-corrected chi connectivity index (χ0v) is 25.0. The van der Waals surface area contributed by atoms with Crippen LogP contribution in [0.4, 0.5) is 0 Å². The third-order valence-electron chi connectivity index (χ3n) is 8.74. The molecule has 0 bridgehead atoms. The Balaban J connectivity index is 0. The van der Waals surface area contributed by atoms with Crippen LogP contribution in [0.5, 0.6) is 0 Å².